The zero-order chi connectivity index (χ0) is 12.0. The molecule has 17 heavy (non-hydrogen) atoms. The molecule has 3 nitrogen and oxygen atoms in total. The lowest BCUT2D eigenvalue weighted by molar-refractivity contribution is 0.567. The minimum atomic E-state index is -0.619. The van der Waals surface area contributed by atoms with Crippen molar-refractivity contribution >= 4 is 34.1 Å². The van der Waals surface area contributed by atoms with Crippen LogP contribution in [0.4, 0.5) is 0 Å². The first-order valence-electron chi connectivity index (χ1n) is 5.40. The van der Waals surface area contributed by atoms with Crippen molar-refractivity contribution in [3.63, 3.8) is 0 Å². The van der Waals surface area contributed by atoms with Crippen LogP contribution in [0.25, 0.3) is 10.9 Å². The van der Waals surface area contributed by atoms with Gasteiger partial charge >= 0.3 is 0 Å². The van der Waals surface area contributed by atoms with E-state index in [1.807, 2.05) is 18.2 Å². The molecule has 0 amide bonds. The number of nitrogens with zero attached hydrogens (tertiary/aromatic N) is 2. The molecule has 1 aromatic carbocycles. The highest BCUT2D eigenvalue weighted by molar-refractivity contribution is 6.50. The van der Waals surface area contributed by atoms with Gasteiger partial charge in [-0.25, -0.2) is 0 Å². The molecule has 5 heteroatoms. The number of fused-ring (bicyclic) bond motifs is 1. The Bertz CT molecular complexity index is 636. The second-order valence-corrected chi connectivity index (χ2v) is 5.91. The molecule has 0 saturated heterocycles. The summed E-state index contributed by atoms with van der Waals surface area (Å²) in [6.45, 7) is 0.647. The Kier molecular flexibility index (Phi) is 2.42. The Labute approximate surface area is 108 Å². The highest BCUT2D eigenvalue weighted by Gasteiger charge is 2.51. The highest BCUT2D eigenvalue weighted by Crippen LogP contribution is 2.53. The van der Waals surface area contributed by atoms with Crippen molar-refractivity contribution < 1.29 is 0 Å². The van der Waals surface area contributed by atoms with Gasteiger partial charge in [0, 0.05) is 17.8 Å². The number of hydrogen-bond donors (Lipinski definition) is 0. The summed E-state index contributed by atoms with van der Waals surface area (Å²) in [5.41, 5.74) is 0.770. The van der Waals surface area contributed by atoms with Crippen molar-refractivity contribution in [2.45, 2.75) is 17.3 Å². The number of alkyl halides is 2. The summed E-state index contributed by atoms with van der Waals surface area (Å²) >= 11 is 12.0. The second kappa shape index (κ2) is 3.72. The lowest BCUT2D eigenvalue weighted by Gasteiger charge is -2.08. The number of para-hydroxylation sites is 1. The van der Waals surface area contributed by atoms with Gasteiger partial charge in [-0.2, -0.15) is 5.10 Å². The van der Waals surface area contributed by atoms with Gasteiger partial charge in [-0.15, -0.1) is 23.2 Å². The fourth-order valence-corrected chi connectivity index (χ4v) is 2.49. The fourth-order valence-electron chi connectivity index (χ4n) is 1.98. The molecule has 0 aliphatic heterocycles. The smallest absolute Gasteiger partial charge is 0.207 e. The van der Waals surface area contributed by atoms with Crippen molar-refractivity contribution in [3.8, 4) is 0 Å². The Morgan fingerprint density at radius 1 is 1.41 bits per heavy atom. The molecule has 1 heterocycles. The summed E-state index contributed by atoms with van der Waals surface area (Å²) in [5.74, 6) is 0.212. The van der Waals surface area contributed by atoms with Crippen molar-refractivity contribution in [3.05, 3.63) is 40.7 Å². The molecule has 1 fully saturated rings. The van der Waals surface area contributed by atoms with E-state index in [0.717, 1.165) is 11.9 Å². The maximum atomic E-state index is 11.6. The molecular formula is C12H10Cl2N2O. The van der Waals surface area contributed by atoms with E-state index in [0.29, 0.717) is 11.9 Å². The average molecular weight is 269 g/mol. The summed E-state index contributed by atoms with van der Waals surface area (Å²) in [7, 11) is 0. The second-order valence-electron chi connectivity index (χ2n) is 4.37. The Hall–Kier alpha value is -1.06. The van der Waals surface area contributed by atoms with Crippen LogP contribution < -0.4 is 5.43 Å². The molecule has 2 aromatic rings. The van der Waals surface area contributed by atoms with Crippen LogP contribution >= 0.6 is 23.2 Å². The highest BCUT2D eigenvalue weighted by atomic mass is 35.5. The number of halogens is 2. The van der Waals surface area contributed by atoms with Crippen LogP contribution in [0.1, 0.15) is 6.42 Å². The fraction of sp³-hybridized carbons (Fsp3) is 0.333. The predicted molar refractivity (Wildman–Crippen MR) is 68.5 cm³/mol. The quantitative estimate of drug-likeness (QED) is 0.785. The van der Waals surface area contributed by atoms with Crippen LogP contribution in [0, 0.1) is 5.92 Å². The van der Waals surface area contributed by atoms with Crippen molar-refractivity contribution in [1.82, 2.24) is 9.78 Å². The number of aromatic nitrogens is 2. The number of hydrogen-bond acceptors (Lipinski definition) is 2. The van der Waals surface area contributed by atoms with Crippen LogP contribution in [0.15, 0.2) is 35.3 Å². The standard InChI is InChI=1S/C12H10Cl2N2O/c13-12(14)5-8(12)7-16-10-4-2-1-3-9(10)11(17)6-15-16/h1-4,6,8H,5,7H2/t8-/m1/s1. The molecule has 1 saturated carbocycles. The van der Waals surface area contributed by atoms with Crippen LogP contribution in [-0.2, 0) is 6.54 Å². The Morgan fingerprint density at radius 2 is 2.12 bits per heavy atom. The summed E-state index contributed by atoms with van der Waals surface area (Å²) in [4.78, 5) is 11.6. The maximum absolute atomic E-state index is 11.6. The van der Waals surface area contributed by atoms with Crippen LogP contribution in [0.3, 0.4) is 0 Å². The molecule has 1 aliphatic carbocycles. The van der Waals surface area contributed by atoms with Crippen LogP contribution in [-0.4, -0.2) is 14.1 Å². The summed E-state index contributed by atoms with van der Waals surface area (Å²) in [5, 5.41) is 4.82. The van der Waals surface area contributed by atoms with Gasteiger partial charge in [0.1, 0.15) is 4.33 Å². The van der Waals surface area contributed by atoms with Gasteiger partial charge in [0.05, 0.1) is 11.7 Å². The molecule has 0 bridgehead atoms. The van der Waals surface area contributed by atoms with E-state index in [1.165, 1.54) is 6.20 Å². The Morgan fingerprint density at radius 3 is 2.82 bits per heavy atom. The largest absolute Gasteiger partial charge is 0.287 e. The molecule has 88 valence electrons. The van der Waals surface area contributed by atoms with E-state index in [-0.39, 0.29) is 11.3 Å². The molecular weight excluding hydrogens is 259 g/mol. The first-order valence-corrected chi connectivity index (χ1v) is 6.16. The number of benzene rings is 1. The molecule has 1 atom stereocenters. The molecule has 1 aliphatic rings. The van der Waals surface area contributed by atoms with Gasteiger partial charge < -0.3 is 0 Å². The minimum absolute atomic E-state index is 0.0596. The third-order valence-corrected chi connectivity index (χ3v) is 4.04. The van der Waals surface area contributed by atoms with Gasteiger partial charge in [0.2, 0.25) is 5.43 Å². The van der Waals surface area contributed by atoms with E-state index < -0.39 is 4.33 Å². The zero-order valence-corrected chi connectivity index (χ0v) is 10.4. The van der Waals surface area contributed by atoms with E-state index in [1.54, 1.807) is 10.7 Å². The third-order valence-electron chi connectivity index (χ3n) is 3.11. The minimum Gasteiger partial charge on any atom is -0.287 e. The average Bonchev–Trinajstić information content (AvgIpc) is 2.91. The summed E-state index contributed by atoms with van der Waals surface area (Å²) in [6, 6.07) is 7.42. The molecule has 0 radical (unpaired) electrons. The summed E-state index contributed by atoms with van der Waals surface area (Å²) < 4.78 is 1.18. The van der Waals surface area contributed by atoms with Crippen LogP contribution in [0.5, 0.6) is 0 Å². The first-order chi connectivity index (χ1) is 8.08. The topological polar surface area (TPSA) is 34.9 Å². The van der Waals surface area contributed by atoms with E-state index in [4.69, 9.17) is 23.2 Å². The summed E-state index contributed by atoms with van der Waals surface area (Å²) in [6.07, 6.45) is 2.12. The monoisotopic (exact) mass is 268 g/mol. The Balaban J connectivity index is 2.06. The lowest BCUT2D eigenvalue weighted by atomic mass is 10.2. The van der Waals surface area contributed by atoms with Gasteiger partial charge in [0.15, 0.2) is 0 Å². The third kappa shape index (κ3) is 1.94. The van der Waals surface area contributed by atoms with E-state index in [2.05, 4.69) is 5.10 Å². The van der Waals surface area contributed by atoms with Gasteiger partial charge in [-0.3, -0.25) is 9.48 Å². The molecule has 1 aromatic heterocycles. The van der Waals surface area contributed by atoms with Gasteiger partial charge in [-0.05, 0) is 18.6 Å². The SMILES string of the molecule is O=c1cnn(C[C@H]2CC2(Cl)Cl)c2ccccc12. The van der Waals surface area contributed by atoms with E-state index >= 15 is 0 Å². The van der Waals surface area contributed by atoms with E-state index in [9.17, 15) is 4.79 Å². The van der Waals surface area contributed by atoms with Crippen molar-refractivity contribution in [1.29, 1.82) is 0 Å². The maximum Gasteiger partial charge on any atom is 0.207 e. The molecule has 3 rings (SSSR count). The first kappa shape index (κ1) is 11.1. The van der Waals surface area contributed by atoms with Gasteiger partial charge in [-0.1, -0.05) is 12.1 Å². The van der Waals surface area contributed by atoms with Crippen molar-refractivity contribution in [2.24, 2.45) is 5.92 Å². The molecule has 0 unspecified atom stereocenters. The molecule has 0 spiro atoms. The van der Waals surface area contributed by atoms with Crippen molar-refractivity contribution in [2.75, 3.05) is 0 Å². The van der Waals surface area contributed by atoms with Crippen LogP contribution in [0.2, 0.25) is 0 Å². The zero-order valence-electron chi connectivity index (χ0n) is 8.94. The lowest BCUT2D eigenvalue weighted by Crippen LogP contribution is -2.14. The predicted octanol–water partition coefficient (Wildman–Crippen LogP) is 2.59. The van der Waals surface area contributed by atoms with Gasteiger partial charge in [0.25, 0.3) is 0 Å². The molecule has 0 N–H and O–H groups in total. The number of rotatable bonds is 2. The normalized spacial score (nSPS) is 21.6.